The number of halogens is 1. The Kier molecular flexibility index (Phi) is 10.5. The van der Waals surface area contributed by atoms with E-state index in [0.29, 0.717) is 37.5 Å². The fourth-order valence-electron chi connectivity index (χ4n) is 4.61. The average molecular weight is 596 g/mol. The largest absolute Gasteiger partial charge is 0.489 e. The zero-order chi connectivity index (χ0) is 29.9. The lowest BCUT2D eigenvalue weighted by atomic mass is 10.1. The van der Waals surface area contributed by atoms with Gasteiger partial charge in [-0.25, -0.2) is 9.37 Å². The van der Waals surface area contributed by atoms with Crippen LogP contribution in [0.2, 0.25) is 0 Å². The van der Waals surface area contributed by atoms with Crippen molar-refractivity contribution in [3.05, 3.63) is 131 Å². The van der Waals surface area contributed by atoms with E-state index >= 15 is 0 Å². The van der Waals surface area contributed by atoms with Crippen molar-refractivity contribution < 1.29 is 18.7 Å². The van der Waals surface area contributed by atoms with Crippen LogP contribution in [0.15, 0.2) is 103 Å². The van der Waals surface area contributed by atoms with E-state index in [1.165, 1.54) is 6.07 Å². The lowest BCUT2D eigenvalue weighted by Gasteiger charge is -2.22. The summed E-state index contributed by atoms with van der Waals surface area (Å²) in [5.74, 6) is -0.272. The molecule has 0 unspecified atom stereocenters. The first-order valence-electron chi connectivity index (χ1n) is 14.4. The summed E-state index contributed by atoms with van der Waals surface area (Å²) >= 11 is 1.65. The van der Waals surface area contributed by atoms with Crippen molar-refractivity contribution in [2.45, 2.75) is 39.3 Å². The first-order valence-corrected chi connectivity index (χ1v) is 15.3. The number of benzene rings is 3. The molecule has 0 aliphatic rings. The molecule has 0 radical (unpaired) electrons. The third-order valence-electron chi connectivity index (χ3n) is 6.93. The Balaban J connectivity index is 1.21. The summed E-state index contributed by atoms with van der Waals surface area (Å²) in [7, 11) is 0. The van der Waals surface area contributed by atoms with Crippen LogP contribution in [-0.2, 0) is 35.5 Å². The molecule has 2 aromatic heterocycles. The van der Waals surface area contributed by atoms with E-state index in [0.717, 1.165) is 46.2 Å². The summed E-state index contributed by atoms with van der Waals surface area (Å²) in [6, 6.07) is 29.2. The molecule has 0 aliphatic heterocycles. The highest BCUT2D eigenvalue weighted by Gasteiger charge is 2.14. The maximum absolute atomic E-state index is 14.6. The van der Waals surface area contributed by atoms with Crippen LogP contribution in [0.4, 0.5) is 9.52 Å². The summed E-state index contributed by atoms with van der Waals surface area (Å²) in [4.78, 5) is 23.3. The predicted molar refractivity (Wildman–Crippen MR) is 169 cm³/mol. The average Bonchev–Trinajstić information content (AvgIpc) is 3.54. The topological polar surface area (TPSA) is 64.6 Å². The van der Waals surface area contributed by atoms with Gasteiger partial charge in [-0.05, 0) is 48.2 Å². The molecule has 3 aromatic carbocycles. The van der Waals surface area contributed by atoms with Crippen LogP contribution >= 0.6 is 11.3 Å². The summed E-state index contributed by atoms with van der Waals surface area (Å²) in [6.07, 6.45) is 3.08. The lowest BCUT2D eigenvalue weighted by Crippen LogP contribution is -2.25. The number of pyridine rings is 1. The fraction of sp³-hybridized carbons (Fsp3) is 0.229. The normalized spacial score (nSPS) is 10.8. The van der Waals surface area contributed by atoms with Crippen LogP contribution in [0.5, 0.6) is 5.75 Å². The van der Waals surface area contributed by atoms with Gasteiger partial charge in [0, 0.05) is 54.8 Å². The molecule has 5 rings (SSSR count). The number of aromatic nitrogens is 2. The highest BCUT2D eigenvalue weighted by Crippen LogP contribution is 2.29. The van der Waals surface area contributed by atoms with Gasteiger partial charge < -0.3 is 14.4 Å². The monoisotopic (exact) mass is 595 g/mol. The van der Waals surface area contributed by atoms with Gasteiger partial charge in [0.1, 0.15) is 18.2 Å². The van der Waals surface area contributed by atoms with E-state index in [4.69, 9.17) is 14.5 Å². The molecule has 0 aliphatic carbocycles. The summed E-state index contributed by atoms with van der Waals surface area (Å²) in [6.45, 7) is 3.88. The van der Waals surface area contributed by atoms with E-state index in [-0.39, 0.29) is 18.2 Å². The first-order chi connectivity index (χ1) is 21.1. The number of thiazole rings is 1. The van der Waals surface area contributed by atoms with Crippen molar-refractivity contribution in [1.29, 1.82) is 0 Å². The van der Waals surface area contributed by atoms with Gasteiger partial charge in [0.2, 0.25) is 0 Å². The van der Waals surface area contributed by atoms with Crippen LogP contribution in [0.3, 0.4) is 0 Å². The number of hydrogen-bond acceptors (Lipinski definition) is 7. The number of nitrogens with zero attached hydrogens (tertiary/aromatic N) is 3. The Morgan fingerprint density at radius 2 is 1.72 bits per heavy atom. The second-order valence-electron chi connectivity index (χ2n) is 10.0. The fourth-order valence-corrected chi connectivity index (χ4v) is 5.47. The molecule has 6 nitrogen and oxygen atoms in total. The Bertz CT molecular complexity index is 1590. The van der Waals surface area contributed by atoms with Gasteiger partial charge in [-0.3, -0.25) is 9.78 Å². The van der Waals surface area contributed by atoms with Gasteiger partial charge in [0.25, 0.3) is 0 Å². The third-order valence-corrected chi connectivity index (χ3v) is 7.83. The Hall–Kier alpha value is -4.56. The molecular formula is C35H34FN3O3S. The van der Waals surface area contributed by atoms with Crippen molar-refractivity contribution >= 4 is 22.4 Å². The van der Waals surface area contributed by atoms with E-state index in [9.17, 15) is 9.18 Å². The Labute approximate surface area is 255 Å². The van der Waals surface area contributed by atoms with Gasteiger partial charge in [0.15, 0.2) is 5.13 Å². The molecular weight excluding hydrogens is 561 g/mol. The standard InChI is InChI=1S/C35H34FN3O3S/c1-2-41-34(40)18-16-28-15-17-31(22-32(28)36)42-24-27-13-11-26(12-14-27)23-39(21-19-30-10-6-7-20-37-30)35-38-33(25-43-35)29-8-4-3-5-9-29/h3-15,17,20,22,25H,2,16,18-19,21,23-24H2,1H3. The first kappa shape index (κ1) is 29.9. The molecule has 2 heterocycles. The van der Waals surface area contributed by atoms with Crippen molar-refractivity contribution in [2.24, 2.45) is 0 Å². The number of rotatable bonds is 14. The number of carbonyl (C=O) groups is 1. The molecule has 43 heavy (non-hydrogen) atoms. The van der Waals surface area contributed by atoms with Crippen molar-refractivity contribution in [3.8, 4) is 17.0 Å². The number of aryl methyl sites for hydroxylation is 1. The van der Waals surface area contributed by atoms with Gasteiger partial charge in [-0.2, -0.15) is 0 Å². The van der Waals surface area contributed by atoms with Gasteiger partial charge in [-0.15, -0.1) is 11.3 Å². The zero-order valence-corrected chi connectivity index (χ0v) is 24.9. The van der Waals surface area contributed by atoms with E-state index in [1.54, 1.807) is 30.4 Å². The van der Waals surface area contributed by atoms with Gasteiger partial charge >= 0.3 is 5.97 Å². The Morgan fingerprint density at radius 1 is 0.930 bits per heavy atom. The van der Waals surface area contributed by atoms with Crippen LogP contribution in [0, 0.1) is 5.82 Å². The molecule has 5 aromatic rings. The van der Waals surface area contributed by atoms with E-state index in [2.05, 4.69) is 39.5 Å². The summed E-state index contributed by atoms with van der Waals surface area (Å²) in [5.41, 5.74) is 5.72. The molecule has 220 valence electrons. The minimum absolute atomic E-state index is 0.147. The number of carbonyl (C=O) groups excluding carboxylic acids is 1. The minimum Gasteiger partial charge on any atom is -0.489 e. The number of anilines is 1. The van der Waals surface area contributed by atoms with Crippen LogP contribution in [0.1, 0.15) is 35.7 Å². The SMILES string of the molecule is CCOC(=O)CCc1ccc(OCc2ccc(CN(CCc3ccccn3)c3nc(-c4ccccc4)cs3)cc2)cc1F. The van der Waals surface area contributed by atoms with E-state index in [1.807, 2.05) is 54.7 Å². The molecule has 8 heteroatoms. The summed E-state index contributed by atoms with van der Waals surface area (Å²) in [5, 5.41) is 3.07. The minimum atomic E-state index is -0.388. The molecule has 0 spiro atoms. The number of ether oxygens (including phenoxy) is 2. The van der Waals surface area contributed by atoms with Crippen LogP contribution in [0.25, 0.3) is 11.3 Å². The smallest absolute Gasteiger partial charge is 0.306 e. The highest BCUT2D eigenvalue weighted by atomic mass is 32.1. The van der Waals surface area contributed by atoms with Gasteiger partial charge in [0.05, 0.1) is 12.3 Å². The number of hydrogen-bond donors (Lipinski definition) is 0. The third kappa shape index (κ3) is 8.72. The van der Waals surface area contributed by atoms with Crippen molar-refractivity contribution in [2.75, 3.05) is 18.1 Å². The predicted octanol–water partition coefficient (Wildman–Crippen LogP) is 7.67. The quantitative estimate of drug-likeness (QED) is 0.123. The highest BCUT2D eigenvalue weighted by molar-refractivity contribution is 7.14. The zero-order valence-electron chi connectivity index (χ0n) is 24.1. The molecule has 0 atom stereocenters. The maximum atomic E-state index is 14.6. The second-order valence-corrected chi connectivity index (χ2v) is 10.9. The molecule has 0 saturated carbocycles. The second kappa shape index (κ2) is 15.1. The molecule has 0 fully saturated rings. The van der Waals surface area contributed by atoms with Crippen molar-refractivity contribution in [3.63, 3.8) is 0 Å². The lowest BCUT2D eigenvalue weighted by molar-refractivity contribution is -0.143. The van der Waals surface area contributed by atoms with Crippen LogP contribution in [-0.4, -0.2) is 29.1 Å². The Morgan fingerprint density at radius 3 is 2.47 bits per heavy atom. The van der Waals surface area contributed by atoms with Crippen LogP contribution < -0.4 is 9.64 Å². The molecule has 0 saturated heterocycles. The molecule has 0 N–H and O–H groups in total. The molecule has 0 bridgehead atoms. The maximum Gasteiger partial charge on any atom is 0.306 e. The molecule has 0 amide bonds. The summed E-state index contributed by atoms with van der Waals surface area (Å²) < 4.78 is 25.3. The van der Waals surface area contributed by atoms with E-state index < -0.39 is 0 Å². The van der Waals surface area contributed by atoms with Gasteiger partial charge in [-0.1, -0.05) is 66.7 Å². The van der Waals surface area contributed by atoms with Crippen molar-refractivity contribution in [1.82, 2.24) is 9.97 Å². The number of esters is 1.